The third kappa shape index (κ3) is 4.85. The summed E-state index contributed by atoms with van der Waals surface area (Å²) in [5, 5.41) is 0. The van der Waals surface area contributed by atoms with E-state index in [-0.39, 0.29) is 0 Å². The molecule has 0 fully saturated rings. The minimum absolute atomic E-state index is 0.353. The monoisotopic (exact) mass is 350 g/mol. The summed E-state index contributed by atoms with van der Waals surface area (Å²) in [6, 6.07) is 14.5. The van der Waals surface area contributed by atoms with Gasteiger partial charge in [-0.2, -0.15) is 0 Å². The zero-order valence-corrected chi connectivity index (χ0v) is 16.2. The molecule has 2 aromatic carbocycles. The molecular weight excluding hydrogens is 324 g/mol. The molecule has 0 unspecified atom stereocenters. The molecule has 0 saturated carbocycles. The van der Waals surface area contributed by atoms with Gasteiger partial charge in [-0.3, -0.25) is 0 Å². The summed E-state index contributed by atoms with van der Waals surface area (Å²) in [6.45, 7) is 12.9. The molecular formula is C23H26O3. The molecule has 26 heavy (non-hydrogen) atoms. The maximum atomic E-state index is 11.6. The van der Waals surface area contributed by atoms with Gasteiger partial charge in [0, 0.05) is 5.57 Å². The molecule has 0 heterocycles. The Morgan fingerprint density at radius 3 is 2.19 bits per heavy atom. The van der Waals surface area contributed by atoms with Gasteiger partial charge in [-0.1, -0.05) is 43.8 Å². The summed E-state index contributed by atoms with van der Waals surface area (Å²) < 4.78 is 11.0. The van der Waals surface area contributed by atoms with E-state index < -0.39 is 5.97 Å². The van der Waals surface area contributed by atoms with Crippen LogP contribution in [0.25, 0.3) is 11.1 Å². The maximum Gasteiger partial charge on any atom is 0.338 e. The number of ether oxygens (including phenoxy) is 2. The van der Waals surface area contributed by atoms with E-state index in [0.717, 1.165) is 12.0 Å². The van der Waals surface area contributed by atoms with Crippen LogP contribution in [-0.2, 0) is 16.0 Å². The van der Waals surface area contributed by atoms with Gasteiger partial charge in [0.25, 0.3) is 0 Å². The van der Waals surface area contributed by atoms with Gasteiger partial charge in [-0.05, 0) is 68.5 Å². The highest BCUT2D eigenvalue weighted by Gasteiger charge is 2.09. The molecule has 0 aliphatic rings. The minimum Gasteiger partial charge on any atom is -0.459 e. The number of aryl methyl sites for hydroxylation is 2. The van der Waals surface area contributed by atoms with Crippen molar-refractivity contribution in [3.63, 3.8) is 0 Å². The summed E-state index contributed by atoms with van der Waals surface area (Å²) in [5.41, 5.74) is 5.31. The largest absolute Gasteiger partial charge is 0.459 e. The fraction of sp³-hybridized carbons (Fsp3) is 0.261. The lowest BCUT2D eigenvalue weighted by molar-refractivity contribution is -0.135. The first kappa shape index (κ1) is 19.5. The number of benzene rings is 2. The molecule has 0 amide bonds. The van der Waals surface area contributed by atoms with Crippen LogP contribution in [-0.4, -0.2) is 5.97 Å². The minimum atomic E-state index is -0.452. The molecule has 0 atom stereocenters. The van der Waals surface area contributed by atoms with Crippen LogP contribution in [0.1, 0.15) is 38.8 Å². The second-order valence-corrected chi connectivity index (χ2v) is 6.41. The topological polar surface area (TPSA) is 35.5 Å². The average Bonchev–Trinajstić information content (AvgIpc) is 2.62. The first-order valence-corrected chi connectivity index (χ1v) is 8.74. The molecule has 0 spiro atoms. The van der Waals surface area contributed by atoms with Crippen molar-refractivity contribution in [3.8, 4) is 16.9 Å². The first-order valence-electron chi connectivity index (χ1n) is 8.74. The molecule has 3 heteroatoms. The molecule has 136 valence electrons. The molecule has 2 aromatic rings. The Bertz CT molecular complexity index is 842. The van der Waals surface area contributed by atoms with Crippen LogP contribution in [0, 0.1) is 6.92 Å². The lowest BCUT2D eigenvalue weighted by atomic mass is 9.98. The average molecular weight is 350 g/mol. The predicted octanol–water partition coefficient (Wildman–Crippen LogP) is 5.97. The number of hydrogen-bond acceptors (Lipinski definition) is 3. The number of allylic oxidation sites excluding steroid dienone is 2. The quantitative estimate of drug-likeness (QED) is 0.365. The van der Waals surface area contributed by atoms with E-state index in [2.05, 4.69) is 38.6 Å². The van der Waals surface area contributed by atoms with Crippen molar-refractivity contribution in [1.29, 1.82) is 0 Å². The van der Waals surface area contributed by atoms with Crippen LogP contribution < -0.4 is 4.74 Å². The Morgan fingerprint density at radius 1 is 1.00 bits per heavy atom. The normalized spacial score (nSPS) is 11.6. The van der Waals surface area contributed by atoms with Gasteiger partial charge in [0.1, 0.15) is 17.3 Å². The van der Waals surface area contributed by atoms with Crippen molar-refractivity contribution >= 4 is 5.97 Å². The van der Waals surface area contributed by atoms with Crippen LogP contribution in [0.2, 0.25) is 0 Å². The van der Waals surface area contributed by atoms with Gasteiger partial charge >= 0.3 is 5.97 Å². The number of rotatable bonds is 6. The smallest absolute Gasteiger partial charge is 0.338 e. The lowest BCUT2D eigenvalue weighted by Crippen LogP contribution is -2.06. The summed E-state index contributed by atoms with van der Waals surface area (Å²) >= 11 is 0. The highest BCUT2D eigenvalue weighted by atomic mass is 16.6. The van der Waals surface area contributed by atoms with E-state index in [1.807, 2.05) is 24.3 Å². The van der Waals surface area contributed by atoms with Gasteiger partial charge in [-0.15, -0.1) is 0 Å². The van der Waals surface area contributed by atoms with Crippen molar-refractivity contribution < 1.29 is 14.3 Å². The zero-order chi connectivity index (χ0) is 19.3. The predicted molar refractivity (Wildman–Crippen MR) is 106 cm³/mol. The molecule has 0 bridgehead atoms. The van der Waals surface area contributed by atoms with Crippen molar-refractivity contribution in [2.24, 2.45) is 0 Å². The second kappa shape index (κ2) is 8.52. The zero-order valence-electron chi connectivity index (χ0n) is 16.2. The van der Waals surface area contributed by atoms with Crippen LogP contribution in [0.5, 0.6) is 5.75 Å². The van der Waals surface area contributed by atoms with Crippen LogP contribution >= 0.6 is 0 Å². The summed E-state index contributed by atoms with van der Waals surface area (Å²) in [5.74, 6) is 1.20. The molecule has 0 aliphatic heterocycles. The van der Waals surface area contributed by atoms with Gasteiger partial charge in [0.15, 0.2) is 0 Å². The highest BCUT2D eigenvalue weighted by Crippen LogP contribution is 2.27. The molecule has 0 aliphatic carbocycles. The van der Waals surface area contributed by atoms with E-state index >= 15 is 0 Å². The lowest BCUT2D eigenvalue weighted by Gasteiger charge is -2.12. The Kier molecular flexibility index (Phi) is 6.40. The summed E-state index contributed by atoms with van der Waals surface area (Å²) in [4.78, 5) is 11.6. The molecule has 0 radical (unpaired) electrons. The van der Waals surface area contributed by atoms with Crippen LogP contribution in [0.15, 0.2) is 66.1 Å². The number of esters is 1. The fourth-order valence-electron chi connectivity index (χ4n) is 2.52. The Balaban J connectivity index is 2.14. The summed E-state index contributed by atoms with van der Waals surface area (Å²) in [6.07, 6.45) is 1.04. The van der Waals surface area contributed by atoms with Crippen LogP contribution in [0.4, 0.5) is 0 Å². The standard InChI is InChI=1S/C23H26O3/c1-7-19-8-13-22(16(4)14-19)20-9-11-21(12-10-20)25-17(5)18(6)26-23(24)15(2)3/h8-14H,2,7H2,1,3-6H3/b18-17+. The molecule has 0 N–H and O–H groups in total. The number of carbonyl (C=O) groups excluding carboxylic acids is 1. The molecule has 0 aromatic heterocycles. The Hall–Kier alpha value is -2.81. The highest BCUT2D eigenvalue weighted by molar-refractivity contribution is 5.87. The maximum absolute atomic E-state index is 11.6. The number of carbonyl (C=O) groups is 1. The van der Waals surface area contributed by atoms with E-state index in [4.69, 9.17) is 9.47 Å². The summed E-state index contributed by atoms with van der Waals surface area (Å²) in [7, 11) is 0. The fourth-order valence-corrected chi connectivity index (χ4v) is 2.52. The van der Waals surface area contributed by atoms with Crippen molar-refractivity contribution in [2.45, 2.75) is 41.0 Å². The van der Waals surface area contributed by atoms with Gasteiger partial charge in [-0.25, -0.2) is 4.79 Å². The van der Waals surface area contributed by atoms with Crippen molar-refractivity contribution in [1.82, 2.24) is 0 Å². The van der Waals surface area contributed by atoms with Crippen molar-refractivity contribution in [2.75, 3.05) is 0 Å². The molecule has 3 nitrogen and oxygen atoms in total. The third-order valence-electron chi connectivity index (χ3n) is 4.23. The second-order valence-electron chi connectivity index (χ2n) is 6.41. The number of hydrogen-bond donors (Lipinski definition) is 0. The molecule has 2 rings (SSSR count). The van der Waals surface area contributed by atoms with Gasteiger partial charge in [0.2, 0.25) is 0 Å². The van der Waals surface area contributed by atoms with E-state index in [1.165, 1.54) is 16.7 Å². The van der Waals surface area contributed by atoms with Gasteiger partial charge in [0.05, 0.1) is 0 Å². The third-order valence-corrected chi connectivity index (χ3v) is 4.23. The van der Waals surface area contributed by atoms with E-state index in [1.54, 1.807) is 20.8 Å². The Morgan fingerprint density at radius 2 is 1.65 bits per heavy atom. The molecule has 0 saturated heterocycles. The van der Waals surface area contributed by atoms with Gasteiger partial charge < -0.3 is 9.47 Å². The van der Waals surface area contributed by atoms with E-state index in [0.29, 0.717) is 22.8 Å². The van der Waals surface area contributed by atoms with E-state index in [9.17, 15) is 4.79 Å². The van der Waals surface area contributed by atoms with Crippen LogP contribution in [0.3, 0.4) is 0 Å². The first-order chi connectivity index (χ1) is 12.3. The van der Waals surface area contributed by atoms with Crippen molar-refractivity contribution in [3.05, 3.63) is 77.3 Å². The SMILES string of the molecule is C=C(C)C(=O)O/C(C)=C(\C)Oc1ccc(-c2ccc(CC)cc2C)cc1. The Labute approximate surface area is 156 Å².